The van der Waals surface area contributed by atoms with E-state index in [1.807, 2.05) is 18.2 Å². The van der Waals surface area contributed by atoms with Gasteiger partial charge in [-0.1, -0.05) is 51.0 Å². The average molecular weight is 467 g/mol. The SMILES string of the molecule is C/C=C/C1CCC(C(C)C2CCC(c3ccc4cc(CCCCC)c(F)c(F)c4c3)CC2)CC1. The minimum absolute atomic E-state index is 0.461. The van der Waals surface area contributed by atoms with Gasteiger partial charge in [-0.25, -0.2) is 8.78 Å². The first-order valence-electron chi connectivity index (χ1n) is 14.0. The highest BCUT2D eigenvalue weighted by Gasteiger charge is 2.32. The van der Waals surface area contributed by atoms with Gasteiger partial charge in [0.1, 0.15) is 0 Å². The summed E-state index contributed by atoms with van der Waals surface area (Å²) in [7, 11) is 0. The van der Waals surface area contributed by atoms with Crippen LogP contribution in [0.2, 0.25) is 0 Å². The predicted molar refractivity (Wildman–Crippen MR) is 141 cm³/mol. The Kier molecular flexibility index (Phi) is 8.83. The zero-order chi connectivity index (χ0) is 24.1. The van der Waals surface area contributed by atoms with Crippen molar-refractivity contribution in [2.75, 3.05) is 0 Å². The van der Waals surface area contributed by atoms with Crippen molar-refractivity contribution in [1.29, 1.82) is 0 Å². The van der Waals surface area contributed by atoms with Gasteiger partial charge >= 0.3 is 0 Å². The summed E-state index contributed by atoms with van der Waals surface area (Å²) in [6, 6.07) is 8.01. The molecule has 2 aliphatic rings. The maximum Gasteiger partial charge on any atom is 0.166 e. The van der Waals surface area contributed by atoms with Gasteiger partial charge in [0.05, 0.1) is 0 Å². The Labute approximate surface area is 206 Å². The summed E-state index contributed by atoms with van der Waals surface area (Å²) >= 11 is 0. The van der Waals surface area contributed by atoms with Crippen molar-refractivity contribution in [3.05, 3.63) is 59.2 Å². The summed E-state index contributed by atoms with van der Waals surface area (Å²) < 4.78 is 29.7. The van der Waals surface area contributed by atoms with E-state index in [2.05, 4.69) is 39.0 Å². The molecule has 1 unspecified atom stereocenters. The van der Waals surface area contributed by atoms with E-state index in [1.54, 1.807) is 0 Å². The second-order valence-corrected chi connectivity index (χ2v) is 11.3. The lowest BCUT2D eigenvalue weighted by Crippen LogP contribution is -2.27. The normalized spacial score (nSPS) is 26.9. The van der Waals surface area contributed by atoms with E-state index < -0.39 is 11.6 Å². The molecule has 2 aliphatic carbocycles. The van der Waals surface area contributed by atoms with Crippen LogP contribution in [0.4, 0.5) is 8.78 Å². The maximum absolute atomic E-state index is 15.0. The fraction of sp³-hybridized carbons (Fsp3) is 0.625. The Morgan fingerprint density at radius 3 is 2.21 bits per heavy atom. The minimum Gasteiger partial charge on any atom is -0.203 e. The van der Waals surface area contributed by atoms with E-state index in [0.717, 1.165) is 48.3 Å². The molecule has 186 valence electrons. The Morgan fingerprint density at radius 1 is 0.882 bits per heavy atom. The summed E-state index contributed by atoms with van der Waals surface area (Å²) in [5.74, 6) is 2.50. The van der Waals surface area contributed by atoms with Crippen LogP contribution in [0.15, 0.2) is 36.4 Å². The Balaban J connectivity index is 1.38. The first kappa shape index (κ1) is 25.4. The molecule has 0 N–H and O–H groups in total. The summed E-state index contributed by atoms with van der Waals surface area (Å²) in [4.78, 5) is 0. The average Bonchev–Trinajstić information content (AvgIpc) is 2.87. The van der Waals surface area contributed by atoms with Crippen molar-refractivity contribution in [3.63, 3.8) is 0 Å². The van der Waals surface area contributed by atoms with E-state index in [4.69, 9.17) is 0 Å². The molecule has 0 aromatic heterocycles. The molecule has 0 radical (unpaired) electrons. The third kappa shape index (κ3) is 5.74. The van der Waals surface area contributed by atoms with Gasteiger partial charge in [-0.3, -0.25) is 0 Å². The van der Waals surface area contributed by atoms with E-state index in [1.165, 1.54) is 56.9 Å². The molecule has 2 heteroatoms. The van der Waals surface area contributed by atoms with Crippen molar-refractivity contribution < 1.29 is 8.78 Å². The zero-order valence-corrected chi connectivity index (χ0v) is 21.6. The largest absolute Gasteiger partial charge is 0.203 e. The number of unbranched alkanes of at least 4 members (excludes halogenated alkanes) is 2. The number of hydrogen-bond acceptors (Lipinski definition) is 0. The van der Waals surface area contributed by atoms with E-state index in [9.17, 15) is 8.78 Å². The highest BCUT2D eigenvalue weighted by molar-refractivity contribution is 5.85. The fourth-order valence-corrected chi connectivity index (χ4v) is 6.90. The van der Waals surface area contributed by atoms with E-state index >= 15 is 0 Å². The quantitative estimate of drug-likeness (QED) is 0.268. The van der Waals surface area contributed by atoms with E-state index in [-0.39, 0.29) is 0 Å². The van der Waals surface area contributed by atoms with Crippen LogP contribution < -0.4 is 0 Å². The van der Waals surface area contributed by atoms with Crippen molar-refractivity contribution in [3.8, 4) is 0 Å². The lowest BCUT2D eigenvalue weighted by Gasteiger charge is -2.39. The maximum atomic E-state index is 15.0. The molecule has 0 bridgehead atoms. The zero-order valence-electron chi connectivity index (χ0n) is 21.6. The Bertz CT molecular complexity index is 959. The number of benzene rings is 2. The van der Waals surface area contributed by atoms with Crippen molar-refractivity contribution in [1.82, 2.24) is 0 Å². The van der Waals surface area contributed by atoms with Crippen LogP contribution >= 0.6 is 0 Å². The summed E-state index contributed by atoms with van der Waals surface area (Å²) in [5.41, 5.74) is 1.72. The molecule has 0 aliphatic heterocycles. The molecule has 0 spiro atoms. The summed E-state index contributed by atoms with van der Waals surface area (Å²) in [5, 5.41) is 1.30. The number of rotatable bonds is 8. The van der Waals surface area contributed by atoms with Gasteiger partial charge in [0.25, 0.3) is 0 Å². The molecular formula is C32H44F2. The lowest BCUT2D eigenvalue weighted by molar-refractivity contribution is 0.142. The topological polar surface area (TPSA) is 0 Å². The van der Waals surface area contributed by atoms with Crippen LogP contribution in [0.3, 0.4) is 0 Å². The first-order chi connectivity index (χ1) is 16.5. The van der Waals surface area contributed by atoms with Gasteiger partial charge in [-0.2, -0.15) is 0 Å². The van der Waals surface area contributed by atoms with Crippen LogP contribution in [-0.2, 0) is 6.42 Å². The smallest absolute Gasteiger partial charge is 0.166 e. The minimum atomic E-state index is -0.651. The standard InChI is InChI=1S/C32H44F2/c1-4-6-7-9-29-20-28-19-18-27(21-30(28)32(34)31(29)33)26-16-14-25(15-17-26)22(3)24-12-10-23(8-5-2)11-13-24/h5,8,18-26H,4,6-7,9-17H2,1-3H3/b8-5+. The molecule has 34 heavy (non-hydrogen) atoms. The monoisotopic (exact) mass is 466 g/mol. The number of allylic oxidation sites excluding steroid dienone is 2. The number of fused-ring (bicyclic) bond motifs is 1. The number of halogens is 2. The molecule has 2 aromatic carbocycles. The predicted octanol–water partition coefficient (Wildman–Crippen LogP) is 10.1. The molecule has 0 nitrogen and oxygen atoms in total. The van der Waals surface area contributed by atoms with Crippen molar-refractivity contribution in [2.45, 2.75) is 104 Å². The molecule has 0 saturated heterocycles. The van der Waals surface area contributed by atoms with Crippen LogP contribution in [-0.4, -0.2) is 0 Å². The molecular weight excluding hydrogens is 422 g/mol. The molecule has 2 aromatic rings. The molecule has 2 fully saturated rings. The van der Waals surface area contributed by atoms with Gasteiger partial charge in [0, 0.05) is 5.39 Å². The van der Waals surface area contributed by atoms with Crippen LogP contribution in [0.1, 0.15) is 108 Å². The molecule has 0 amide bonds. The third-order valence-electron chi connectivity index (χ3n) is 9.18. The Hall–Kier alpha value is -1.70. The van der Waals surface area contributed by atoms with Crippen LogP contribution in [0.5, 0.6) is 0 Å². The second kappa shape index (κ2) is 11.8. The second-order valence-electron chi connectivity index (χ2n) is 11.3. The number of aryl methyl sites for hydroxylation is 1. The van der Waals surface area contributed by atoms with Gasteiger partial charge in [0.2, 0.25) is 0 Å². The lowest BCUT2D eigenvalue weighted by atomic mass is 9.67. The van der Waals surface area contributed by atoms with Crippen molar-refractivity contribution >= 4 is 10.8 Å². The molecule has 4 rings (SSSR count). The fourth-order valence-electron chi connectivity index (χ4n) is 6.90. The van der Waals surface area contributed by atoms with Gasteiger partial charge in [-0.05, 0) is 129 Å². The van der Waals surface area contributed by atoms with Crippen LogP contribution in [0.25, 0.3) is 10.8 Å². The molecule has 0 heterocycles. The summed E-state index contributed by atoms with van der Waals surface area (Å²) in [6.45, 7) is 6.76. The van der Waals surface area contributed by atoms with Gasteiger partial charge in [-0.15, -0.1) is 0 Å². The number of hydrogen-bond donors (Lipinski definition) is 0. The van der Waals surface area contributed by atoms with Crippen molar-refractivity contribution in [2.24, 2.45) is 23.7 Å². The summed E-state index contributed by atoms with van der Waals surface area (Å²) in [6.07, 6.45) is 18.6. The molecule has 2 saturated carbocycles. The van der Waals surface area contributed by atoms with Gasteiger partial charge < -0.3 is 0 Å². The van der Waals surface area contributed by atoms with E-state index in [0.29, 0.717) is 23.3 Å². The highest BCUT2D eigenvalue weighted by atomic mass is 19.2. The highest BCUT2D eigenvalue weighted by Crippen LogP contribution is 2.45. The Morgan fingerprint density at radius 2 is 1.56 bits per heavy atom. The molecule has 1 atom stereocenters. The third-order valence-corrected chi connectivity index (χ3v) is 9.18. The van der Waals surface area contributed by atoms with Crippen LogP contribution in [0, 0.1) is 35.3 Å². The van der Waals surface area contributed by atoms with Gasteiger partial charge in [0.15, 0.2) is 11.6 Å². The first-order valence-corrected chi connectivity index (χ1v) is 14.0.